The van der Waals surface area contributed by atoms with Gasteiger partial charge in [0, 0.05) is 36.8 Å². The minimum absolute atomic E-state index is 0.0614. The molecule has 2 heterocycles. The average Bonchev–Trinajstić information content (AvgIpc) is 3.37. The van der Waals surface area contributed by atoms with Crippen LogP contribution in [0.1, 0.15) is 34.8 Å². The van der Waals surface area contributed by atoms with Gasteiger partial charge in [-0.3, -0.25) is 4.79 Å². The molecular formula is C27H27N5O4. The number of rotatable bonds is 8. The first kappa shape index (κ1) is 23.4. The predicted molar refractivity (Wildman–Crippen MR) is 140 cm³/mol. The third kappa shape index (κ3) is 4.48. The lowest BCUT2D eigenvalue weighted by atomic mass is 9.89. The molecule has 5 rings (SSSR count). The number of allylic oxidation sites excluding steroid dienone is 1. The number of fused-ring (bicyclic) bond motifs is 2. The number of aliphatic hydroxyl groups excluding tert-OH is 1. The average molecular weight is 486 g/mol. The van der Waals surface area contributed by atoms with Crippen molar-refractivity contribution in [3.05, 3.63) is 77.0 Å². The number of aliphatic hydroxyl groups is 1. The normalized spacial score (nSPS) is 13.7. The molecule has 0 saturated carbocycles. The number of benzene rings is 2. The summed E-state index contributed by atoms with van der Waals surface area (Å²) in [5.41, 5.74) is 6.08. The molecule has 2 aromatic carbocycles. The van der Waals surface area contributed by atoms with Crippen LogP contribution >= 0.6 is 0 Å². The SMILES string of the molecule is C=NN(C1=C(C)CCc2ccc(NC(=O)c3cccnc3NCCO)cc21)c1ccc2c(c1)OCO2. The number of carbonyl (C=O) groups is 1. The van der Waals surface area contributed by atoms with Crippen molar-refractivity contribution in [3.8, 4) is 11.5 Å². The second-order valence-electron chi connectivity index (χ2n) is 8.50. The van der Waals surface area contributed by atoms with Crippen LogP contribution in [0.3, 0.4) is 0 Å². The number of nitrogens with one attached hydrogen (secondary N) is 2. The first-order chi connectivity index (χ1) is 17.6. The maximum atomic E-state index is 13.1. The van der Waals surface area contributed by atoms with Gasteiger partial charge in [0.15, 0.2) is 11.5 Å². The van der Waals surface area contributed by atoms with Crippen molar-refractivity contribution >= 4 is 35.5 Å². The molecule has 0 bridgehead atoms. The fraction of sp³-hybridized carbons (Fsp3) is 0.222. The quantitative estimate of drug-likeness (QED) is 0.323. The standard InChI is InChI=1S/C27H27N5O4/c1-17-5-6-18-7-8-19(31-27(34)21-4-3-11-29-26(21)30-12-13-33)14-22(18)25(17)32(28-2)20-9-10-23-24(15-20)36-16-35-23/h3-4,7-11,14-15,33H,2,5-6,12-13,16H2,1H3,(H,29,30)(H,31,34). The molecule has 2 aliphatic rings. The molecule has 36 heavy (non-hydrogen) atoms. The van der Waals surface area contributed by atoms with Crippen molar-refractivity contribution in [2.45, 2.75) is 19.8 Å². The summed E-state index contributed by atoms with van der Waals surface area (Å²) in [5.74, 6) is 1.49. The molecule has 0 radical (unpaired) electrons. The predicted octanol–water partition coefficient (Wildman–Crippen LogP) is 4.27. The minimum Gasteiger partial charge on any atom is -0.454 e. The molecule has 1 aliphatic heterocycles. The van der Waals surface area contributed by atoms with Gasteiger partial charge in [0.2, 0.25) is 6.79 Å². The Balaban J connectivity index is 1.46. The van der Waals surface area contributed by atoms with Gasteiger partial charge in [0.1, 0.15) is 5.82 Å². The van der Waals surface area contributed by atoms with Crippen LogP contribution in [0.2, 0.25) is 0 Å². The smallest absolute Gasteiger partial charge is 0.259 e. The van der Waals surface area contributed by atoms with Crippen molar-refractivity contribution < 1.29 is 19.4 Å². The molecule has 1 amide bonds. The van der Waals surface area contributed by atoms with Crippen molar-refractivity contribution in [3.63, 3.8) is 0 Å². The van der Waals surface area contributed by atoms with Gasteiger partial charge in [0.05, 0.1) is 23.6 Å². The number of pyridine rings is 1. The summed E-state index contributed by atoms with van der Waals surface area (Å²) < 4.78 is 11.0. The third-order valence-electron chi connectivity index (χ3n) is 6.21. The molecule has 184 valence electrons. The number of amides is 1. The highest BCUT2D eigenvalue weighted by molar-refractivity contribution is 6.07. The molecule has 0 unspecified atom stereocenters. The van der Waals surface area contributed by atoms with Gasteiger partial charge in [-0.1, -0.05) is 6.07 Å². The van der Waals surface area contributed by atoms with Gasteiger partial charge < -0.3 is 25.2 Å². The van der Waals surface area contributed by atoms with Crippen LogP contribution in [0, 0.1) is 0 Å². The molecule has 0 spiro atoms. The van der Waals surface area contributed by atoms with Crippen LogP contribution < -0.4 is 25.1 Å². The van der Waals surface area contributed by atoms with E-state index in [0.717, 1.165) is 35.4 Å². The number of carbonyl (C=O) groups excluding carboxylic acids is 1. The Bertz CT molecular complexity index is 1350. The lowest BCUT2D eigenvalue weighted by Gasteiger charge is -2.29. The van der Waals surface area contributed by atoms with Crippen LogP contribution in [0.15, 0.2) is 65.4 Å². The van der Waals surface area contributed by atoms with Crippen molar-refractivity contribution in [2.75, 3.05) is 35.6 Å². The number of hydrazone groups is 1. The summed E-state index contributed by atoms with van der Waals surface area (Å²) in [6.45, 7) is 6.35. The number of anilines is 3. The molecule has 1 aromatic heterocycles. The van der Waals surface area contributed by atoms with Gasteiger partial charge in [-0.05, 0) is 67.3 Å². The summed E-state index contributed by atoms with van der Waals surface area (Å²) in [4.78, 5) is 17.3. The van der Waals surface area contributed by atoms with Crippen molar-refractivity contribution in [2.24, 2.45) is 5.10 Å². The van der Waals surface area contributed by atoms with Crippen LogP contribution in [0.25, 0.3) is 5.70 Å². The second kappa shape index (κ2) is 10.1. The largest absolute Gasteiger partial charge is 0.454 e. The van der Waals surface area contributed by atoms with E-state index in [2.05, 4.69) is 34.4 Å². The molecule has 0 fully saturated rings. The first-order valence-corrected chi connectivity index (χ1v) is 11.7. The fourth-order valence-corrected chi connectivity index (χ4v) is 4.46. The Morgan fingerprint density at radius 2 is 2.03 bits per heavy atom. The maximum absolute atomic E-state index is 13.1. The fourth-order valence-electron chi connectivity index (χ4n) is 4.46. The zero-order valence-corrected chi connectivity index (χ0v) is 20.0. The maximum Gasteiger partial charge on any atom is 0.259 e. The van der Waals surface area contributed by atoms with E-state index in [9.17, 15) is 4.79 Å². The van der Waals surface area contributed by atoms with Crippen molar-refractivity contribution in [1.29, 1.82) is 0 Å². The molecule has 9 nitrogen and oxygen atoms in total. The molecule has 0 saturated heterocycles. The van der Waals surface area contributed by atoms with E-state index >= 15 is 0 Å². The molecular weight excluding hydrogens is 458 g/mol. The first-order valence-electron chi connectivity index (χ1n) is 11.7. The van der Waals surface area contributed by atoms with Crippen molar-refractivity contribution in [1.82, 2.24) is 4.98 Å². The molecule has 3 aromatic rings. The van der Waals surface area contributed by atoms with E-state index in [1.54, 1.807) is 23.3 Å². The van der Waals surface area contributed by atoms with Gasteiger partial charge in [0.25, 0.3) is 5.91 Å². The summed E-state index contributed by atoms with van der Waals surface area (Å²) in [6, 6.07) is 15.0. The number of ether oxygens (including phenoxy) is 2. The zero-order chi connectivity index (χ0) is 25.1. The Morgan fingerprint density at radius 1 is 1.17 bits per heavy atom. The highest BCUT2D eigenvalue weighted by Gasteiger charge is 2.25. The highest BCUT2D eigenvalue weighted by Crippen LogP contribution is 2.41. The van der Waals surface area contributed by atoms with E-state index in [4.69, 9.17) is 14.6 Å². The van der Waals surface area contributed by atoms with E-state index in [1.807, 2.05) is 36.4 Å². The van der Waals surface area contributed by atoms with E-state index < -0.39 is 0 Å². The number of aryl methyl sites for hydroxylation is 1. The number of nitrogens with zero attached hydrogens (tertiary/aromatic N) is 3. The lowest BCUT2D eigenvalue weighted by Crippen LogP contribution is -2.21. The molecule has 0 atom stereocenters. The Kier molecular flexibility index (Phi) is 6.55. The topological polar surface area (TPSA) is 108 Å². The van der Waals surface area contributed by atoms with Gasteiger partial charge in [-0.25, -0.2) is 9.99 Å². The molecule has 3 N–H and O–H groups in total. The Hall–Kier alpha value is -4.37. The van der Waals surface area contributed by atoms with E-state index in [1.165, 1.54) is 5.57 Å². The highest BCUT2D eigenvalue weighted by atomic mass is 16.7. The summed E-state index contributed by atoms with van der Waals surface area (Å²) >= 11 is 0. The monoisotopic (exact) mass is 485 g/mol. The van der Waals surface area contributed by atoms with Crippen LogP contribution in [0.4, 0.5) is 17.2 Å². The third-order valence-corrected chi connectivity index (χ3v) is 6.21. The van der Waals surface area contributed by atoms with E-state index in [-0.39, 0.29) is 19.3 Å². The van der Waals surface area contributed by atoms with E-state index in [0.29, 0.717) is 35.1 Å². The zero-order valence-electron chi connectivity index (χ0n) is 20.0. The van der Waals surface area contributed by atoms with Crippen LogP contribution in [-0.2, 0) is 6.42 Å². The number of aromatic nitrogens is 1. The lowest BCUT2D eigenvalue weighted by molar-refractivity contribution is 0.102. The van der Waals surface area contributed by atoms with Gasteiger partial charge in [-0.2, -0.15) is 5.10 Å². The summed E-state index contributed by atoms with van der Waals surface area (Å²) in [7, 11) is 0. The number of hydrogen-bond donors (Lipinski definition) is 3. The Labute approximate surface area is 209 Å². The molecule has 1 aliphatic carbocycles. The molecule has 9 heteroatoms. The summed E-state index contributed by atoms with van der Waals surface area (Å²) in [6.07, 6.45) is 3.38. The van der Waals surface area contributed by atoms with Gasteiger partial charge in [-0.15, -0.1) is 0 Å². The minimum atomic E-state index is -0.295. The van der Waals surface area contributed by atoms with Gasteiger partial charge >= 0.3 is 0 Å². The van der Waals surface area contributed by atoms with Crippen LogP contribution in [-0.4, -0.2) is 42.7 Å². The number of hydrogen-bond acceptors (Lipinski definition) is 8. The Morgan fingerprint density at radius 3 is 2.86 bits per heavy atom. The van der Waals surface area contributed by atoms with Crippen LogP contribution in [0.5, 0.6) is 11.5 Å². The second-order valence-corrected chi connectivity index (χ2v) is 8.50. The summed E-state index contributed by atoms with van der Waals surface area (Å²) in [5, 5.41) is 21.2.